The van der Waals surface area contributed by atoms with Crippen LogP contribution < -0.4 is 5.73 Å². The zero-order valence-electron chi connectivity index (χ0n) is 13.2. The van der Waals surface area contributed by atoms with Gasteiger partial charge in [0, 0.05) is 0 Å². The summed E-state index contributed by atoms with van der Waals surface area (Å²) in [5.74, 6) is -2.63. The van der Waals surface area contributed by atoms with E-state index in [-0.39, 0.29) is 5.70 Å². The van der Waals surface area contributed by atoms with Crippen LogP contribution in [0.5, 0.6) is 0 Å². The molecule has 0 aromatic heterocycles. The molecule has 2 aliphatic heterocycles. The van der Waals surface area contributed by atoms with Crippen LogP contribution in [0.4, 0.5) is 0 Å². The van der Waals surface area contributed by atoms with Gasteiger partial charge in [-0.1, -0.05) is 0 Å². The van der Waals surface area contributed by atoms with Crippen LogP contribution in [0.15, 0.2) is 11.3 Å². The Kier molecular flexibility index (Phi) is 4.27. The van der Waals surface area contributed by atoms with Crippen molar-refractivity contribution < 1.29 is 23.9 Å². The Morgan fingerprint density at radius 2 is 1.91 bits per heavy atom. The second-order valence-corrected chi connectivity index (χ2v) is 7.45. The largest absolute Gasteiger partial charge is 0.464 e. The van der Waals surface area contributed by atoms with Crippen LogP contribution in [0, 0.1) is 5.92 Å². The van der Waals surface area contributed by atoms with Gasteiger partial charge in [0.2, 0.25) is 5.91 Å². The molecule has 1 fully saturated rings. The third-order valence-corrected chi connectivity index (χ3v) is 4.82. The van der Waals surface area contributed by atoms with Crippen molar-refractivity contribution in [2.75, 3.05) is 7.11 Å². The van der Waals surface area contributed by atoms with Gasteiger partial charge in [-0.15, -0.1) is 11.8 Å². The van der Waals surface area contributed by atoms with E-state index in [9.17, 15) is 14.4 Å². The highest BCUT2D eigenvalue weighted by Gasteiger charge is 2.59. The number of rotatable bonds is 2. The molecule has 22 heavy (non-hydrogen) atoms. The van der Waals surface area contributed by atoms with Gasteiger partial charge in [0.25, 0.3) is 0 Å². The number of esters is 2. The Morgan fingerprint density at radius 1 is 1.32 bits per heavy atom. The van der Waals surface area contributed by atoms with E-state index in [1.54, 1.807) is 27.7 Å². The summed E-state index contributed by atoms with van der Waals surface area (Å²) in [6.07, 6.45) is 0. The molecule has 0 aromatic rings. The standard InChI is InChI=1S/C14H20N2O5S/c1-6-8(13(19)20-5)16-10(17)7(11(16)22-9(6)15)12(18)21-14(2,3)4/h7,9,11H,15H2,1-5H3. The minimum absolute atomic E-state index is 0.128. The van der Waals surface area contributed by atoms with Crippen molar-refractivity contribution in [1.29, 1.82) is 0 Å². The molecule has 3 unspecified atom stereocenters. The van der Waals surface area contributed by atoms with Crippen molar-refractivity contribution in [3.63, 3.8) is 0 Å². The molecule has 0 bridgehead atoms. The molecular formula is C14H20N2O5S. The third-order valence-electron chi connectivity index (χ3n) is 3.41. The lowest BCUT2D eigenvalue weighted by Crippen LogP contribution is -2.65. The van der Waals surface area contributed by atoms with E-state index in [1.807, 2.05) is 0 Å². The van der Waals surface area contributed by atoms with E-state index in [1.165, 1.54) is 23.8 Å². The van der Waals surface area contributed by atoms with Crippen LogP contribution in [0.2, 0.25) is 0 Å². The molecule has 2 aliphatic rings. The summed E-state index contributed by atoms with van der Waals surface area (Å²) in [4.78, 5) is 37.7. The number of hydrogen-bond donors (Lipinski definition) is 1. The lowest BCUT2D eigenvalue weighted by atomic mass is 9.95. The zero-order chi connectivity index (χ0) is 16.8. The van der Waals surface area contributed by atoms with Gasteiger partial charge in [-0.3, -0.25) is 14.5 Å². The summed E-state index contributed by atoms with van der Waals surface area (Å²) < 4.78 is 9.99. The van der Waals surface area contributed by atoms with Gasteiger partial charge in [-0.05, 0) is 33.3 Å². The Morgan fingerprint density at radius 3 is 2.41 bits per heavy atom. The number of ether oxygens (including phenoxy) is 2. The molecule has 0 radical (unpaired) electrons. The summed E-state index contributed by atoms with van der Waals surface area (Å²) in [5, 5.41) is -1.01. The predicted octanol–water partition coefficient (Wildman–Crippen LogP) is 0.591. The van der Waals surface area contributed by atoms with E-state index in [0.717, 1.165) is 0 Å². The minimum atomic E-state index is -0.942. The topological polar surface area (TPSA) is 98.9 Å². The van der Waals surface area contributed by atoms with Crippen molar-refractivity contribution in [3.05, 3.63) is 11.3 Å². The van der Waals surface area contributed by atoms with Crippen LogP contribution in [0.3, 0.4) is 0 Å². The Bertz CT molecular complexity index is 566. The third kappa shape index (κ3) is 2.72. The molecule has 0 saturated carbocycles. The first-order valence-corrected chi connectivity index (χ1v) is 7.79. The van der Waals surface area contributed by atoms with E-state index >= 15 is 0 Å². The van der Waals surface area contributed by atoms with E-state index < -0.39 is 40.1 Å². The number of β-lactam (4-membered cyclic amide) rings is 1. The molecule has 1 saturated heterocycles. The number of carbonyl (C=O) groups excluding carboxylic acids is 3. The highest BCUT2D eigenvalue weighted by Crippen LogP contribution is 2.46. The first-order valence-electron chi connectivity index (χ1n) is 6.84. The average molecular weight is 328 g/mol. The van der Waals surface area contributed by atoms with Crippen molar-refractivity contribution in [1.82, 2.24) is 4.90 Å². The van der Waals surface area contributed by atoms with Gasteiger partial charge >= 0.3 is 11.9 Å². The molecule has 8 heteroatoms. The number of methoxy groups -OCH3 is 1. The molecular weight excluding hydrogens is 308 g/mol. The number of thioether (sulfide) groups is 1. The highest BCUT2D eigenvalue weighted by atomic mass is 32.2. The van der Waals surface area contributed by atoms with Crippen LogP contribution in [0.1, 0.15) is 27.7 Å². The maximum absolute atomic E-state index is 12.3. The maximum atomic E-state index is 12.3. The van der Waals surface area contributed by atoms with E-state index in [2.05, 4.69) is 0 Å². The lowest BCUT2D eigenvalue weighted by Gasteiger charge is -2.49. The smallest absolute Gasteiger partial charge is 0.354 e. The zero-order valence-corrected chi connectivity index (χ0v) is 14.0. The number of amides is 1. The van der Waals surface area contributed by atoms with Crippen LogP contribution >= 0.6 is 11.8 Å². The van der Waals surface area contributed by atoms with Crippen molar-refractivity contribution >= 4 is 29.6 Å². The quantitative estimate of drug-likeness (QED) is 0.450. The fourth-order valence-corrected chi connectivity index (χ4v) is 3.69. The molecule has 2 rings (SSSR count). The van der Waals surface area contributed by atoms with Gasteiger partial charge in [0.15, 0.2) is 5.92 Å². The number of carbonyl (C=O) groups is 3. The Hall–Kier alpha value is -1.54. The molecule has 3 atom stereocenters. The minimum Gasteiger partial charge on any atom is -0.464 e. The predicted molar refractivity (Wildman–Crippen MR) is 80.3 cm³/mol. The first kappa shape index (κ1) is 16.8. The average Bonchev–Trinajstić information content (AvgIpc) is 2.39. The van der Waals surface area contributed by atoms with E-state index in [0.29, 0.717) is 5.57 Å². The number of hydrogen-bond acceptors (Lipinski definition) is 7. The summed E-state index contributed by atoms with van der Waals surface area (Å²) >= 11 is 1.26. The Balaban J connectivity index is 2.27. The fourth-order valence-electron chi connectivity index (χ4n) is 2.36. The molecule has 0 aromatic carbocycles. The van der Waals surface area contributed by atoms with Crippen LogP contribution in [-0.4, -0.2) is 46.2 Å². The molecule has 2 N–H and O–H groups in total. The van der Waals surface area contributed by atoms with Gasteiger partial charge in [-0.2, -0.15) is 0 Å². The SMILES string of the molecule is COC(=O)C1=C(C)C(N)SC2C(C(=O)OC(C)(C)C)C(=O)N12. The van der Waals surface area contributed by atoms with Gasteiger partial charge in [0.1, 0.15) is 16.7 Å². The highest BCUT2D eigenvalue weighted by molar-refractivity contribution is 8.00. The van der Waals surface area contributed by atoms with Gasteiger partial charge in [-0.25, -0.2) is 4.79 Å². The summed E-state index contributed by atoms with van der Waals surface area (Å²) in [5.41, 5.74) is 5.99. The van der Waals surface area contributed by atoms with Gasteiger partial charge in [0.05, 0.1) is 12.5 Å². The molecule has 2 heterocycles. The van der Waals surface area contributed by atoms with Crippen LogP contribution in [0.25, 0.3) is 0 Å². The second-order valence-electron chi connectivity index (χ2n) is 6.19. The number of fused-ring (bicyclic) bond motifs is 1. The lowest BCUT2D eigenvalue weighted by molar-refractivity contribution is -0.175. The summed E-state index contributed by atoms with van der Waals surface area (Å²) in [7, 11) is 1.24. The van der Waals surface area contributed by atoms with Gasteiger partial charge < -0.3 is 15.2 Å². The normalized spacial score (nSPS) is 28.0. The van der Waals surface area contributed by atoms with E-state index in [4.69, 9.17) is 15.2 Å². The molecule has 7 nitrogen and oxygen atoms in total. The summed E-state index contributed by atoms with van der Waals surface area (Å²) in [6, 6.07) is 0. The van der Waals surface area contributed by atoms with Crippen molar-refractivity contribution in [3.8, 4) is 0 Å². The van der Waals surface area contributed by atoms with Crippen LogP contribution in [-0.2, 0) is 23.9 Å². The van der Waals surface area contributed by atoms with Crippen molar-refractivity contribution in [2.45, 2.75) is 44.0 Å². The maximum Gasteiger partial charge on any atom is 0.354 e. The van der Waals surface area contributed by atoms with Crippen molar-refractivity contribution in [2.24, 2.45) is 11.7 Å². The number of nitrogens with zero attached hydrogens (tertiary/aromatic N) is 1. The molecule has 122 valence electrons. The molecule has 0 spiro atoms. The summed E-state index contributed by atoms with van der Waals surface area (Å²) in [6.45, 7) is 6.87. The molecule has 1 amide bonds. The second kappa shape index (κ2) is 5.58. The Labute approximate surface area is 133 Å². The number of nitrogens with two attached hydrogens (primary N) is 1. The first-order chi connectivity index (χ1) is 10.1. The fraction of sp³-hybridized carbons (Fsp3) is 0.643. The molecule has 0 aliphatic carbocycles. The monoisotopic (exact) mass is 328 g/mol.